The van der Waals surface area contributed by atoms with Gasteiger partial charge in [0.25, 0.3) is 0 Å². The van der Waals surface area contributed by atoms with Gasteiger partial charge in [-0.2, -0.15) is 0 Å². The molecule has 0 aliphatic rings. The van der Waals surface area contributed by atoms with Crippen LogP contribution in [-0.2, 0) is 11.2 Å². The minimum atomic E-state index is -0.569. The summed E-state index contributed by atoms with van der Waals surface area (Å²) in [5, 5.41) is 5.72. The minimum Gasteiger partial charge on any atom is -0.440 e. The predicted octanol–water partition coefficient (Wildman–Crippen LogP) is 7.93. The fourth-order valence-electron chi connectivity index (χ4n) is 3.66. The Balaban J connectivity index is 2.01. The highest BCUT2D eigenvalue weighted by Gasteiger charge is 2.25. The van der Waals surface area contributed by atoms with Crippen molar-refractivity contribution in [2.45, 2.75) is 20.3 Å². The topological polar surface area (TPSA) is 55.1 Å². The van der Waals surface area contributed by atoms with Crippen molar-refractivity contribution in [2.75, 3.05) is 12.4 Å². The summed E-state index contributed by atoms with van der Waals surface area (Å²) in [6.45, 7) is 3.75. The molecule has 7 heteroatoms. The molecule has 0 spiro atoms. The van der Waals surface area contributed by atoms with Gasteiger partial charge in [0.1, 0.15) is 12.0 Å². The average Bonchev–Trinajstić information content (AvgIpc) is 3.08. The molecule has 0 fully saturated rings. The van der Waals surface area contributed by atoms with Gasteiger partial charge in [-0.3, -0.25) is 0 Å². The van der Waals surface area contributed by atoms with Crippen LogP contribution >= 0.6 is 34.8 Å². The molecule has 2 aromatic heterocycles. The number of anilines is 1. The van der Waals surface area contributed by atoms with Crippen molar-refractivity contribution < 1.29 is 9.21 Å². The number of aldehydes is 1. The highest BCUT2D eigenvalue weighted by molar-refractivity contribution is 6.36. The molecule has 4 rings (SSSR count). The van der Waals surface area contributed by atoms with E-state index in [4.69, 9.17) is 44.2 Å². The van der Waals surface area contributed by atoms with Gasteiger partial charge in [0.2, 0.25) is 5.71 Å². The van der Waals surface area contributed by atoms with Gasteiger partial charge in [0.05, 0.1) is 21.8 Å². The normalized spacial score (nSPS) is 11.7. The van der Waals surface area contributed by atoms with E-state index in [1.54, 1.807) is 12.1 Å². The molecular formula is C25H21Cl3N2O2. The third kappa shape index (κ3) is 4.36. The summed E-state index contributed by atoms with van der Waals surface area (Å²) in [5.41, 5.74) is 3.91. The van der Waals surface area contributed by atoms with Crippen molar-refractivity contribution in [1.82, 2.24) is 4.98 Å². The second kappa shape index (κ2) is 8.78. The summed E-state index contributed by atoms with van der Waals surface area (Å²) < 4.78 is 6.14. The number of furan rings is 1. The summed E-state index contributed by atoms with van der Waals surface area (Å²) in [7, 11) is 1.83. The van der Waals surface area contributed by atoms with Gasteiger partial charge in [-0.25, -0.2) is 4.98 Å². The Labute approximate surface area is 201 Å². The van der Waals surface area contributed by atoms with Crippen LogP contribution in [0, 0.1) is 5.41 Å². The van der Waals surface area contributed by atoms with Crippen LogP contribution in [0.1, 0.15) is 19.6 Å². The first-order valence-electron chi connectivity index (χ1n) is 10.0. The summed E-state index contributed by atoms with van der Waals surface area (Å²) in [6, 6.07) is 14.9. The smallest absolute Gasteiger partial charge is 0.229 e. The first-order chi connectivity index (χ1) is 15.2. The Morgan fingerprint density at radius 2 is 1.69 bits per heavy atom. The van der Waals surface area contributed by atoms with Crippen LogP contribution in [0.4, 0.5) is 5.69 Å². The number of nitrogens with zero attached hydrogens (tertiary/aromatic N) is 1. The van der Waals surface area contributed by atoms with Crippen molar-refractivity contribution in [3.05, 3.63) is 69.4 Å². The molecular weight excluding hydrogens is 467 g/mol. The Morgan fingerprint density at radius 1 is 1.00 bits per heavy atom. The summed E-state index contributed by atoms with van der Waals surface area (Å²) in [4.78, 5) is 16.4. The molecule has 4 aromatic rings. The number of carbonyl (C=O) groups is 1. The zero-order valence-electron chi connectivity index (χ0n) is 17.8. The molecule has 32 heavy (non-hydrogen) atoms. The van der Waals surface area contributed by atoms with Gasteiger partial charge in [0.15, 0.2) is 0 Å². The lowest BCUT2D eigenvalue weighted by molar-refractivity contribution is -0.114. The van der Waals surface area contributed by atoms with Crippen LogP contribution in [0.25, 0.3) is 33.5 Å². The van der Waals surface area contributed by atoms with Crippen LogP contribution < -0.4 is 5.32 Å². The van der Waals surface area contributed by atoms with Crippen molar-refractivity contribution in [1.29, 1.82) is 0 Å². The van der Waals surface area contributed by atoms with Crippen molar-refractivity contribution in [3.8, 4) is 22.4 Å². The lowest BCUT2D eigenvalue weighted by Gasteiger charge is -2.15. The summed E-state index contributed by atoms with van der Waals surface area (Å²) >= 11 is 18.8. The molecule has 0 radical (unpaired) electrons. The Morgan fingerprint density at radius 3 is 2.31 bits per heavy atom. The molecule has 2 heterocycles. The van der Waals surface area contributed by atoms with Crippen LogP contribution in [0.5, 0.6) is 0 Å². The molecule has 0 saturated carbocycles. The second-order valence-electron chi connectivity index (χ2n) is 8.30. The highest BCUT2D eigenvalue weighted by Crippen LogP contribution is 2.41. The summed E-state index contributed by atoms with van der Waals surface area (Å²) in [5.74, 6) is 0.675. The van der Waals surface area contributed by atoms with E-state index >= 15 is 0 Å². The maximum Gasteiger partial charge on any atom is 0.229 e. The van der Waals surface area contributed by atoms with E-state index in [9.17, 15) is 4.79 Å². The van der Waals surface area contributed by atoms with Gasteiger partial charge in [-0.05, 0) is 42.0 Å². The fraction of sp³-hybridized carbons (Fsp3) is 0.200. The number of aromatic nitrogens is 1. The third-order valence-corrected chi connectivity index (χ3v) is 6.08. The van der Waals surface area contributed by atoms with Crippen LogP contribution in [0.3, 0.4) is 0 Å². The van der Waals surface area contributed by atoms with Gasteiger partial charge in [-0.15, -0.1) is 0 Å². The number of hydrogen-bond donors (Lipinski definition) is 1. The van der Waals surface area contributed by atoms with Crippen LogP contribution in [0.15, 0.2) is 52.9 Å². The fourth-order valence-corrected chi connectivity index (χ4v) is 4.29. The van der Waals surface area contributed by atoms with Crippen LogP contribution in [0.2, 0.25) is 15.1 Å². The number of hydrogen-bond acceptors (Lipinski definition) is 4. The molecule has 0 atom stereocenters. The van der Waals surface area contributed by atoms with Gasteiger partial charge >= 0.3 is 0 Å². The van der Waals surface area contributed by atoms with Crippen molar-refractivity contribution in [2.24, 2.45) is 5.41 Å². The average molecular weight is 488 g/mol. The molecule has 0 saturated heterocycles. The maximum absolute atomic E-state index is 11.5. The number of halogens is 3. The number of pyridine rings is 1. The molecule has 1 N–H and O–H groups in total. The van der Waals surface area contributed by atoms with E-state index < -0.39 is 5.41 Å². The zero-order chi connectivity index (χ0) is 23.0. The molecule has 0 aliphatic carbocycles. The lowest BCUT2D eigenvalue weighted by atomic mass is 9.89. The van der Waals surface area contributed by atoms with Crippen molar-refractivity contribution in [3.63, 3.8) is 0 Å². The Bertz CT molecular complexity index is 1310. The molecule has 2 aromatic carbocycles. The summed E-state index contributed by atoms with van der Waals surface area (Å²) in [6.07, 6.45) is 1.38. The van der Waals surface area contributed by atoms with E-state index in [2.05, 4.69) is 5.32 Å². The van der Waals surface area contributed by atoms with E-state index in [0.29, 0.717) is 38.7 Å². The zero-order valence-corrected chi connectivity index (χ0v) is 20.1. The third-order valence-electron chi connectivity index (χ3n) is 5.28. The molecule has 0 unspecified atom stereocenters. The molecule has 0 bridgehead atoms. The van der Waals surface area contributed by atoms with Gasteiger partial charge < -0.3 is 14.5 Å². The van der Waals surface area contributed by atoms with Gasteiger partial charge in [0, 0.05) is 40.1 Å². The molecule has 0 amide bonds. The largest absolute Gasteiger partial charge is 0.440 e. The first kappa shape index (κ1) is 22.7. The predicted molar refractivity (Wildman–Crippen MR) is 133 cm³/mol. The van der Waals surface area contributed by atoms with E-state index in [1.807, 2.05) is 57.3 Å². The Kier molecular flexibility index (Phi) is 6.22. The minimum absolute atomic E-state index is 0.441. The highest BCUT2D eigenvalue weighted by atomic mass is 35.5. The standard InChI is InChI=1S/C25H21Cl3N2O2/c1-25(2,13-31)12-21-23(29-3)19-11-18(14-4-6-15(26)7-5-14)22(30-24(19)32-21)17-9-8-16(27)10-20(17)28/h4-11,13,29H,12H2,1-3H3. The number of nitrogens with one attached hydrogen (secondary N) is 1. The Hall–Kier alpha value is -2.53. The number of carbonyl (C=O) groups excluding carboxylic acids is 1. The lowest BCUT2D eigenvalue weighted by Crippen LogP contribution is -2.16. The van der Waals surface area contributed by atoms with Crippen molar-refractivity contribution >= 4 is 57.9 Å². The first-order valence-corrected chi connectivity index (χ1v) is 11.2. The quantitative estimate of drug-likeness (QED) is 0.280. The number of rotatable bonds is 6. The number of fused-ring (bicyclic) bond motifs is 1. The molecule has 4 nitrogen and oxygen atoms in total. The van der Waals surface area contributed by atoms with Crippen LogP contribution in [-0.4, -0.2) is 18.3 Å². The van der Waals surface area contributed by atoms with Gasteiger partial charge in [-0.1, -0.05) is 60.8 Å². The number of benzene rings is 2. The SMILES string of the molecule is CNc1c(CC(C)(C)C=O)oc2nc(-c3ccc(Cl)cc3Cl)c(-c3ccc(Cl)cc3)cc12. The maximum atomic E-state index is 11.5. The molecule has 164 valence electrons. The monoisotopic (exact) mass is 486 g/mol. The molecule has 0 aliphatic heterocycles. The van der Waals surface area contributed by atoms with E-state index in [0.717, 1.165) is 34.1 Å². The van der Waals surface area contributed by atoms with E-state index in [-0.39, 0.29) is 0 Å². The second-order valence-corrected chi connectivity index (χ2v) is 9.58. The van der Waals surface area contributed by atoms with E-state index in [1.165, 1.54) is 0 Å².